The van der Waals surface area contributed by atoms with Crippen LogP contribution in [0.5, 0.6) is 0 Å². The van der Waals surface area contributed by atoms with Gasteiger partial charge >= 0.3 is 0 Å². The zero-order valence-electron chi connectivity index (χ0n) is 10.7. The van der Waals surface area contributed by atoms with Crippen molar-refractivity contribution in [2.24, 2.45) is 11.8 Å². The number of halogens is 2. The Balaban J connectivity index is 1.99. The minimum atomic E-state index is -0.876. The number of hydrogen-bond acceptors (Lipinski definition) is 2. The molecule has 2 rings (SSSR count). The highest BCUT2D eigenvalue weighted by Gasteiger charge is 2.20. The summed E-state index contributed by atoms with van der Waals surface area (Å²) in [7, 11) is 0. The Morgan fingerprint density at radius 3 is 2.83 bits per heavy atom. The first-order valence-electron chi connectivity index (χ1n) is 6.55. The highest BCUT2D eigenvalue weighted by atomic mass is 19.2. The maximum absolute atomic E-state index is 13.6. The number of benzene rings is 1. The van der Waals surface area contributed by atoms with Crippen molar-refractivity contribution >= 4 is 11.4 Å². The molecule has 0 aromatic heterocycles. The van der Waals surface area contributed by atoms with E-state index >= 15 is 0 Å². The Labute approximate surface area is 107 Å². The van der Waals surface area contributed by atoms with E-state index in [4.69, 9.17) is 5.73 Å². The van der Waals surface area contributed by atoms with Crippen LogP contribution in [0.15, 0.2) is 12.1 Å². The van der Waals surface area contributed by atoms with E-state index in [2.05, 4.69) is 12.2 Å². The number of anilines is 2. The normalized spacial score (nSPS) is 23.9. The highest BCUT2D eigenvalue weighted by Crippen LogP contribution is 2.30. The molecule has 4 heteroatoms. The summed E-state index contributed by atoms with van der Waals surface area (Å²) >= 11 is 0. The highest BCUT2D eigenvalue weighted by molar-refractivity contribution is 5.66. The van der Waals surface area contributed by atoms with Crippen molar-refractivity contribution in [1.82, 2.24) is 0 Å². The maximum Gasteiger partial charge on any atom is 0.183 e. The fourth-order valence-electron chi connectivity index (χ4n) is 2.74. The van der Waals surface area contributed by atoms with Gasteiger partial charge in [0.15, 0.2) is 11.6 Å². The van der Waals surface area contributed by atoms with E-state index in [-0.39, 0.29) is 11.4 Å². The number of rotatable bonds is 3. The minimum absolute atomic E-state index is 0.105. The molecular formula is C14H20F2N2. The molecule has 100 valence electrons. The van der Waals surface area contributed by atoms with Gasteiger partial charge in [0.05, 0.1) is 11.4 Å². The molecule has 0 saturated heterocycles. The van der Waals surface area contributed by atoms with E-state index in [1.807, 2.05) is 0 Å². The van der Waals surface area contributed by atoms with Crippen molar-refractivity contribution in [3.05, 3.63) is 23.8 Å². The molecule has 1 aromatic carbocycles. The quantitative estimate of drug-likeness (QED) is 0.805. The van der Waals surface area contributed by atoms with Crippen LogP contribution in [0, 0.1) is 23.5 Å². The third-order valence-corrected chi connectivity index (χ3v) is 3.74. The second-order valence-corrected chi connectivity index (χ2v) is 5.34. The zero-order valence-corrected chi connectivity index (χ0v) is 10.7. The largest absolute Gasteiger partial charge is 0.397 e. The zero-order chi connectivity index (χ0) is 13.1. The fourth-order valence-corrected chi connectivity index (χ4v) is 2.74. The second kappa shape index (κ2) is 5.55. The van der Waals surface area contributed by atoms with Crippen molar-refractivity contribution in [3.8, 4) is 0 Å². The van der Waals surface area contributed by atoms with Gasteiger partial charge in [-0.25, -0.2) is 8.78 Å². The lowest BCUT2D eigenvalue weighted by Gasteiger charge is -2.27. The average molecular weight is 254 g/mol. The Morgan fingerprint density at radius 2 is 2.11 bits per heavy atom. The summed E-state index contributed by atoms with van der Waals surface area (Å²) in [4.78, 5) is 0. The van der Waals surface area contributed by atoms with Crippen LogP contribution in [-0.2, 0) is 0 Å². The van der Waals surface area contributed by atoms with Crippen molar-refractivity contribution in [2.45, 2.75) is 32.6 Å². The van der Waals surface area contributed by atoms with E-state index in [0.29, 0.717) is 12.5 Å². The lowest BCUT2D eigenvalue weighted by molar-refractivity contribution is 0.293. The average Bonchev–Trinajstić information content (AvgIpc) is 2.34. The smallest absolute Gasteiger partial charge is 0.183 e. The molecule has 1 aliphatic rings. The standard InChI is InChI=1S/C14H20F2N2/c1-9-3-2-4-10(7-9)8-18-14-12(17)6-5-11(15)13(14)16/h5-6,9-10,18H,2-4,7-8,17H2,1H3. The fraction of sp³-hybridized carbons (Fsp3) is 0.571. The third kappa shape index (κ3) is 2.92. The molecule has 1 fully saturated rings. The molecule has 0 heterocycles. The molecule has 0 radical (unpaired) electrons. The van der Waals surface area contributed by atoms with Crippen molar-refractivity contribution < 1.29 is 8.78 Å². The summed E-state index contributed by atoms with van der Waals surface area (Å²) in [6.45, 7) is 2.90. The van der Waals surface area contributed by atoms with E-state index in [1.54, 1.807) is 0 Å². The van der Waals surface area contributed by atoms with Gasteiger partial charge in [-0.3, -0.25) is 0 Å². The van der Waals surface area contributed by atoms with Gasteiger partial charge in [-0.1, -0.05) is 19.8 Å². The molecule has 2 nitrogen and oxygen atoms in total. The summed E-state index contributed by atoms with van der Waals surface area (Å²) in [5.74, 6) is -0.487. The van der Waals surface area contributed by atoms with Crippen LogP contribution in [0.25, 0.3) is 0 Å². The lowest BCUT2D eigenvalue weighted by Crippen LogP contribution is -2.22. The predicted molar refractivity (Wildman–Crippen MR) is 70.4 cm³/mol. The first-order valence-corrected chi connectivity index (χ1v) is 6.55. The molecular weight excluding hydrogens is 234 g/mol. The van der Waals surface area contributed by atoms with Gasteiger partial charge in [0.25, 0.3) is 0 Å². The SMILES string of the molecule is CC1CCCC(CNc2c(N)ccc(F)c2F)C1. The summed E-state index contributed by atoms with van der Waals surface area (Å²) in [6, 6.07) is 2.45. The summed E-state index contributed by atoms with van der Waals surface area (Å²) in [5.41, 5.74) is 6.03. The first-order chi connectivity index (χ1) is 8.58. The van der Waals surface area contributed by atoms with Crippen LogP contribution in [-0.4, -0.2) is 6.54 Å². The Morgan fingerprint density at radius 1 is 1.33 bits per heavy atom. The molecule has 18 heavy (non-hydrogen) atoms. The summed E-state index contributed by atoms with van der Waals surface area (Å²) in [6.07, 6.45) is 4.78. The number of nitrogen functional groups attached to an aromatic ring is 1. The van der Waals surface area contributed by atoms with Gasteiger partial charge in [0.2, 0.25) is 0 Å². The molecule has 0 aliphatic heterocycles. The van der Waals surface area contributed by atoms with Gasteiger partial charge < -0.3 is 11.1 Å². The van der Waals surface area contributed by atoms with Gasteiger partial charge in [0, 0.05) is 6.54 Å². The van der Waals surface area contributed by atoms with Gasteiger partial charge in [0.1, 0.15) is 0 Å². The van der Waals surface area contributed by atoms with E-state index in [0.717, 1.165) is 24.8 Å². The molecule has 3 N–H and O–H groups in total. The van der Waals surface area contributed by atoms with Crippen LogP contribution in [0.1, 0.15) is 32.6 Å². The van der Waals surface area contributed by atoms with Crippen LogP contribution in [0.4, 0.5) is 20.2 Å². The molecule has 1 aromatic rings. The number of nitrogens with one attached hydrogen (secondary N) is 1. The minimum Gasteiger partial charge on any atom is -0.397 e. The maximum atomic E-state index is 13.6. The molecule has 1 saturated carbocycles. The van der Waals surface area contributed by atoms with Crippen LogP contribution in [0.3, 0.4) is 0 Å². The topological polar surface area (TPSA) is 38.0 Å². The second-order valence-electron chi connectivity index (χ2n) is 5.34. The monoisotopic (exact) mass is 254 g/mol. The number of hydrogen-bond donors (Lipinski definition) is 2. The van der Waals surface area contributed by atoms with Gasteiger partial charge in [-0.15, -0.1) is 0 Å². The van der Waals surface area contributed by atoms with E-state index in [1.165, 1.54) is 18.9 Å². The first kappa shape index (κ1) is 13.1. The molecule has 0 spiro atoms. The third-order valence-electron chi connectivity index (χ3n) is 3.74. The molecule has 1 aliphatic carbocycles. The summed E-state index contributed by atoms with van der Waals surface area (Å²) < 4.78 is 26.7. The molecule has 0 amide bonds. The number of nitrogens with two attached hydrogens (primary N) is 1. The van der Waals surface area contributed by atoms with Gasteiger partial charge in [-0.2, -0.15) is 0 Å². The van der Waals surface area contributed by atoms with Crippen molar-refractivity contribution in [3.63, 3.8) is 0 Å². The Bertz CT molecular complexity index is 421. The Hall–Kier alpha value is -1.32. The van der Waals surface area contributed by atoms with E-state index < -0.39 is 11.6 Å². The van der Waals surface area contributed by atoms with Crippen LogP contribution in [0.2, 0.25) is 0 Å². The predicted octanol–water partition coefficient (Wildman–Crippen LogP) is 3.79. The van der Waals surface area contributed by atoms with Crippen molar-refractivity contribution in [2.75, 3.05) is 17.6 Å². The Kier molecular flexibility index (Phi) is 4.04. The van der Waals surface area contributed by atoms with Crippen molar-refractivity contribution in [1.29, 1.82) is 0 Å². The van der Waals surface area contributed by atoms with Crippen LogP contribution < -0.4 is 11.1 Å². The molecule has 0 bridgehead atoms. The molecule has 2 unspecified atom stereocenters. The summed E-state index contributed by atoms with van der Waals surface area (Å²) in [5, 5.41) is 2.97. The van der Waals surface area contributed by atoms with E-state index in [9.17, 15) is 8.78 Å². The van der Waals surface area contributed by atoms with Crippen LogP contribution >= 0.6 is 0 Å². The lowest BCUT2D eigenvalue weighted by atomic mass is 9.82. The van der Waals surface area contributed by atoms with Gasteiger partial charge in [-0.05, 0) is 36.8 Å². The molecule has 2 atom stereocenters.